The first-order valence-corrected chi connectivity index (χ1v) is 6.19. The van der Waals surface area contributed by atoms with E-state index in [0.717, 1.165) is 15.7 Å². The number of ether oxygens (including phenoxy) is 1. The van der Waals surface area contributed by atoms with Crippen LogP contribution in [-0.2, 0) is 6.61 Å². The van der Waals surface area contributed by atoms with E-state index in [4.69, 9.17) is 16.3 Å². The average molecular weight is 314 g/mol. The number of halogens is 2. The van der Waals surface area contributed by atoms with E-state index in [1.807, 2.05) is 31.2 Å². The molecule has 0 radical (unpaired) electrons. The molecule has 0 saturated heterocycles. The van der Waals surface area contributed by atoms with Crippen LogP contribution >= 0.6 is 27.5 Å². The summed E-state index contributed by atoms with van der Waals surface area (Å²) >= 11 is 9.21. The van der Waals surface area contributed by atoms with Crippen LogP contribution in [0.3, 0.4) is 0 Å². The Morgan fingerprint density at radius 2 is 2.06 bits per heavy atom. The molecule has 0 atom stereocenters. The van der Waals surface area contributed by atoms with E-state index in [2.05, 4.69) is 25.9 Å². The fourth-order valence-electron chi connectivity index (χ4n) is 1.35. The van der Waals surface area contributed by atoms with Gasteiger partial charge in [0, 0.05) is 21.8 Å². The van der Waals surface area contributed by atoms with Crippen molar-refractivity contribution in [1.29, 1.82) is 0 Å². The zero-order valence-corrected chi connectivity index (χ0v) is 11.5. The predicted molar refractivity (Wildman–Crippen MR) is 70.3 cm³/mol. The van der Waals surface area contributed by atoms with Gasteiger partial charge in [0.15, 0.2) is 0 Å². The van der Waals surface area contributed by atoms with E-state index in [1.165, 1.54) is 0 Å². The van der Waals surface area contributed by atoms with E-state index in [1.54, 1.807) is 6.07 Å². The first kappa shape index (κ1) is 12.3. The van der Waals surface area contributed by atoms with Gasteiger partial charge in [-0.1, -0.05) is 34.1 Å². The molecule has 17 heavy (non-hydrogen) atoms. The number of aromatic nitrogens is 2. The lowest BCUT2D eigenvalue weighted by Crippen LogP contribution is -1.99. The minimum atomic E-state index is 0.201. The fraction of sp³-hybridized carbons (Fsp3) is 0.167. The van der Waals surface area contributed by atoms with Crippen molar-refractivity contribution in [3.05, 3.63) is 51.3 Å². The molecule has 1 heterocycles. The Morgan fingerprint density at radius 3 is 2.76 bits per heavy atom. The molecule has 0 spiro atoms. The highest BCUT2D eigenvalue weighted by atomic mass is 79.9. The Kier molecular flexibility index (Phi) is 3.97. The second-order valence-corrected chi connectivity index (χ2v) is 4.69. The van der Waals surface area contributed by atoms with Gasteiger partial charge in [-0.25, -0.2) is 4.98 Å². The maximum atomic E-state index is 5.75. The third-order valence-corrected chi connectivity index (χ3v) is 3.08. The number of hydrogen-bond acceptors (Lipinski definition) is 3. The van der Waals surface area contributed by atoms with Crippen LogP contribution < -0.4 is 4.74 Å². The highest BCUT2D eigenvalue weighted by molar-refractivity contribution is 9.10. The van der Waals surface area contributed by atoms with Crippen LogP contribution in [0.15, 0.2) is 34.8 Å². The summed E-state index contributed by atoms with van der Waals surface area (Å²) in [5.41, 5.74) is 1.84. The lowest BCUT2D eigenvalue weighted by Gasteiger charge is -2.07. The first-order chi connectivity index (χ1) is 8.15. The van der Waals surface area contributed by atoms with Crippen molar-refractivity contribution >= 4 is 27.5 Å². The van der Waals surface area contributed by atoms with Crippen LogP contribution in [0.25, 0.3) is 0 Å². The lowest BCUT2D eigenvalue weighted by atomic mass is 10.2. The van der Waals surface area contributed by atoms with Crippen molar-refractivity contribution in [3.63, 3.8) is 0 Å². The van der Waals surface area contributed by atoms with Crippen molar-refractivity contribution in [2.45, 2.75) is 13.5 Å². The van der Waals surface area contributed by atoms with Crippen molar-refractivity contribution in [2.24, 2.45) is 0 Å². The third-order valence-electron chi connectivity index (χ3n) is 2.14. The first-order valence-electron chi connectivity index (χ1n) is 5.02. The SMILES string of the molecule is Cc1cc(OCc2ccccc2Br)nc(Cl)n1. The molecule has 88 valence electrons. The van der Waals surface area contributed by atoms with Crippen molar-refractivity contribution in [3.8, 4) is 5.88 Å². The highest BCUT2D eigenvalue weighted by Gasteiger charge is 2.03. The van der Waals surface area contributed by atoms with E-state index in [9.17, 15) is 0 Å². The minimum absolute atomic E-state index is 0.201. The van der Waals surface area contributed by atoms with E-state index in [0.29, 0.717) is 12.5 Å². The van der Waals surface area contributed by atoms with Gasteiger partial charge in [0.1, 0.15) is 6.61 Å². The van der Waals surface area contributed by atoms with Gasteiger partial charge in [0.05, 0.1) is 0 Å². The normalized spacial score (nSPS) is 10.3. The van der Waals surface area contributed by atoms with Crippen LogP contribution in [0.1, 0.15) is 11.3 Å². The Balaban J connectivity index is 2.10. The van der Waals surface area contributed by atoms with Crippen LogP contribution in [0, 0.1) is 6.92 Å². The van der Waals surface area contributed by atoms with Crippen molar-refractivity contribution in [2.75, 3.05) is 0 Å². The molecular formula is C12H10BrClN2O. The molecule has 2 rings (SSSR count). The molecule has 0 aliphatic carbocycles. The summed E-state index contributed by atoms with van der Waals surface area (Å²) in [5, 5.41) is 0.201. The Labute approximate surface area is 113 Å². The van der Waals surface area contributed by atoms with Crippen molar-refractivity contribution in [1.82, 2.24) is 9.97 Å². The molecule has 0 aliphatic rings. The van der Waals surface area contributed by atoms with Gasteiger partial charge in [-0.05, 0) is 24.6 Å². The smallest absolute Gasteiger partial charge is 0.225 e. The van der Waals surface area contributed by atoms with Gasteiger partial charge in [-0.3, -0.25) is 0 Å². The monoisotopic (exact) mass is 312 g/mol. The largest absolute Gasteiger partial charge is 0.473 e. The molecule has 0 aliphatic heterocycles. The molecule has 2 aromatic rings. The predicted octanol–water partition coefficient (Wildman–Crippen LogP) is 3.78. The molecule has 1 aromatic carbocycles. The Bertz CT molecular complexity index is 513. The number of rotatable bonds is 3. The highest BCUT2D eigenvalue weighted by Crippen LogP contribution is 2.19. The van der Waals surface area contributed by atoms with Crippen molar-refractivity contribution < 1.29 is 4.74 Å². The quantitative estimate of drug-likeness (QED) is 0.809. The summed E-state index contributed by atoms with van der Waals surface area (Å²) in [6.07, 6.45) is 0. The standard InChI is InChI=1S/C12H10BrClN2O/c1-8-6-11(16-12(14)15-8)17-7-9-4-2-3-5-10(9)13/h2-6H,7H2,1H3. The zero-order chi connectivity index (χ0) is 12.3. The molecule has 0 unspecified atom stereocenters. The molecule has 1 aromatic heterocycles. The summed E-state index contributed by atoms with van der Waals surface area (Å²) in [4.78, 5) is 7.97. The fourth-order valence-corrected chi connectivity index (χ4v) is 1.96. The molecule has 5 heteroatoms. The van der Waals surface area contributed by atoms with Gasteiger partial charge < -0.3 is 4.74 Å². The van der Waals surface area contributed by atoms with Gasteiger partial charge >= 0.3 is 0 Å². The molecule has 3 nitrogen and oxygen atoms in total. The number of hydrogen-bond donors (Lipinski definition) is 0. The van der Waals surface area contributed by atoms with Crippen LogP contribution in [0.5, 0.6) is 5.88 Å². The molecule has 0 amide bonds. The van der Waals surface area contributed by atoms with Gasteiger partial charge in [0.2, 0.25) is 11.2 Å². The molecule has 0 N–H and O–H groups in total. The van der Waals surface area contributed by atoms with Gasteiger partial charge in [-0.2, -0.15) is 4.98 Å². The van der Waals surface area contributed by atoms with Crippen LogP contribution in [0.4, 0.5) is 0 Å². The number of aryl methyl sites for hydroxylation is 1. The van der Waals surface area contributed by atoms with Gasteiger partial charge in [-0.15, -0.1) is 0 Å². The third kappa shape index (κ3) is 3.41. The summed E-state index contributed by atoms with van der Waals surface area (Å²) in [6.45, 7) is 2.28. The molecule has 0 bridgehead atoms. The summed E-state index contributed by atoms with van der Waals surface area (Å²) in [7, 11) is 0. The second kappa shape index (κ2) is 5.47. The van der Waals surface area contributed by atoms with Crippen LogP contribution in [0.2, 0.25) is 5.28 Å². The lowest BCUT2D eigenvalue weighted by molar-refractivity contribution is 0.292. The summed E-state index contributed by atoms with van der Waals surface area (Å²) in [6, 6.07) is 9.63. The van der Waals surface area contributed by atoms with E-state index < -0.39 is 0 Å². The second-order valence-electron chi connectivity index (χ2n) is 3.50. The maximum absolute atomic E-state index is 5.75. The van der Waals surface area contributed by atoms with E-state index >= 15 is 0 Å². The zero-order valence-electron chi connectivity index (χ0n) is 9.15. The molecule has 0 fully saturated rings. The average Bonchev–Trinajstić information content (AvgIpc) is 2.27. The van der Waals surface area contributed by atoms with E-state index in [-0.39, 0.29) is 5.28 Å². The number of nitrogens with zero attached hydrogens (tertiary/aromatic N) is 2. The maximum Gasteiger partial charge on any atom is 0.225 e. The Morgan fingerprint density at radius 1 is 1.29 bits per heavy atom. The minimum Gasteiger partial charge on any atom is -0.473 e. The van der Waals surface area contributed by atoms with Crippen LogP contribution in [-0.4, -0.2) is 9.97 Å². The molecule has 0 saturated carbocycles. The summed E-state index contributed by atoms with van der Waals surface area (Å²) in [5.74, 6) is 0.484. The van der Waals surface area contributed by atoms with Gasteiger partial charge in [0.25, 0.3) is 0 Å². The number of benzene rings is 1. The molecular weight excluding hydrogens is 304 g/mol. The summed E-state index contributed by atoms with van der Waals surface area (Å²) < 4.78 is 6.58. The topological polar surface area (TPSA) is 35.0 Å². The Hall–Kier alpha value is -1.13.